The van der Waals surface area contributed by atoms with Crippen LogP contribution in [0.3, 0.4) is 0 Å². The summed E-state index contributed by atoms with van der Waals surface area (Å²) < 4.78 is 6.28. The molecule has 1 amide bonds. The second-order valence-electron chi connectivity index (χ2n) is 5.24. The molecule has 0 saturated carbocycles. The molecule has 17 heavy (non-hydrogen) atoms. The number of piperidine rings is 1. The lowest BCUT2D eigenvalue weighted by Gasteiger charge is -2.32. The van der Waals surface area contributed by atoms with Gasteiger partial charge in [-0.05, 0) is 49.8 Å². The predicted octanol–water partition coefficient (Wildman–Crippen LogP) is 3.11. The predicted molar refractivity (Wildman–Crippen MR) is 72.1 cm³/mol. The Morgan fingerprint density at radius 1 is 1.53 bits per heavy atom. The van der Waals surface area contributed by atoms with Gasteiger partial charge in [-0.3, -0.25) is 0 Å². The Balaban J connectivity index is 2.01. The van der Waals surface area contributed by atoms with Crippen LogP contribution < -0.4 is 0 Å². The number of likely N-dealkylation sites (tertiary alicyclic amines) is 1. The summed E-state index contributed by atoms with van der Waals surface area (Å²) in [6.45, 7) is 6.90. The number of carbonyl (C=O) groups excluding carboxylic acids is 1. The number of rotatable bonds is 0. The molecule has 0 aromatic carbocycles. The van der Waals surface area contributed by atoms with Gasteiger partial charge in [0, 0.05) is 12.1 Å². The second-order valence-corrected chi connectivity index (χ2v) is 6.26. The van der Waals surface area contributed by atoms with Crippen LogP contribution in [0.1, 0.15) is 27.2 Å². The third-order valence-electron chi connectivity index (χ3n) is 2.64. The zero-order valence-electron chi connectivity index (χ0n) is 10.2. The maximum Gasteiger partial charge on any atom is 0.410 e. The van der Waals surface area contributed by atoms with Crippen molar-refractivity contribution in [2.45, 2.75) is 38.8 Å². The van der Waals surface area contributed by atoms with Crippen molar-refractivity contribution in [1.29, 1.82) is 0 Å². The van der Waals surface area contributed by atoms with Crippen molar-refractivity contribution in [1.82, 2.24) is 4.90 Å². The minimum absolute atomic E-state index is 0.181. The molecule has 5 nitrogen and oxygen atoms in total. The zero-order chi connectivity index (χ0) is 12.6. The highest BCUT2D eigenvalue weighted by molar-refractivity contribution is 14.1. The van der Waals surface area contributed by atoms with Crippen molar-refractivity contribution < 1.29 is 9.53 Å². The Kier molecular flexibility index (Phi) is 3.42. The van der Waals surface area contributed by atoms with Gasteiger partial charge in [0.2, 0.25) is 0 Å². The quantitative estimate of drug-likeness (QED) is 0.498. The van der Waals surface area contributed by atoms with E-state index in [-0.39, 0.29) is 12.1 Å². The van der Waals surface area contributed by atoms with Gasteiger partial charge in [-0.15, -0.1) is 5.11 Å². The summed E-state index contributed by atoms with van der Waals surface area (Å²) in [5.41, 5.74) is 0.697. The van der Waals surface area contributed by atoms with E-state index in [4.69, 9.17) is 4.74 Å². The van der Waals surface area contributed by atoms with Crippen molar-refractivity contribution in [3.8, 4) is 0 Å². The first kappa shape index (κ1) is 12.8. The van der Waals surface area contributed by atoms with E-state index in [1.807, 2.05) is 20.8 Å². The van der Waals surface area contributed by atoms with Crippen LogP contribution in [0, 0.1) is 0 Å². The Bertz CT molecular complexity index is 398. The number of hydrogen-bond donors (Lipinski definition) is 0. The van der Waals surface area contributed by atoms with Crippen LogP contribution in [-0.4, -0.2) is 35.7 Å². The summed E-state index contributed by atoms with van der Waals surface area (Å²) in [5.74, 6) is 0. The number of hydrogen-bond acceptors (Lipinski definition) is 4. The lowest BCUT2D eigenvalue weighted by atomic mass is 10.0. The Hall–Kier alpha value is -0.660. The molecule has 0 radical (unpaired) electrons. The van der Waals surface area contributed by atoms with Crippen molar-refractivity contribution in [3.63, 3.8) is 0 Å². The van der Waals surface area contributed by atoms with Crippen LogP contribution >= 0.6 is 22.6 Å². The molecule has 2 heterocycles. The van der Waals surface area contributed by atoms with Gasteiger partial charge < -0.3 is 9.64 Å². The maximum atomic E-state index is 11.9. The fraction of sp³-hybridized carbons (Fsp3) is 0.727. The van der Waals surface area contributed by atoms with E-state index in [1.165, 1.54) is 0 Å². The third kappa shape index (κ3) is 2.97. The molecule has 0 aromatic rings. The van der Waals surface area contributed by atoms with Crippen molar-refractivity contribution in [2.75, 3.05) is 13.1 Å². The van der Waals surface area contributed by atoms with Gasteiger partial charge in [-0.2, -0.15) is 5.11 Å². The third-order valence-corrected chi connectivity index (χ3v) is 3.55. The van der Waals surface area contributed by atoms with Crippen LogP contribution in [0.5, 0.6) is 0 Å². The molecule has 1 atom stereocenters. The largest absolute Gasteiger partial charge is 0.444 e. The SMILES string of the molecule is CC(C)(C)OC(=O)N1CC[C@H]2N=NC(I)=C2C1. The highest BCUT2D eigenvalue weighted by atomic mass is 127. The molecular formula is C11H16IN3O2. The number of carbonyl (C=O) groups is 1. The molecule has 2 aliphatic heterocycles. The standard InChI is InChI=1S/C11H16IN3O2/c1-11(2,3)17-10(16)15-5-4-8-7(6-15)9(12)14-13-8/h8H,4-6H2,1-3H3/t8-/m1/s1. The fourth-order valence-electron chi connectivity index (χ4n) is 1.84. The van der Waals surface area contributed by atoms with Crippen LogP contribution in [0.25, 0.3) is 0 Å². The van der Waals surface area contributed by atoms with Gasteiger partial charge in [-0.1, -0.05) is 0 Å². The van der Waals surface area contributed by atoms with Gasteiger partial charge >= 0.3 is 6.09 Å². The van der Waals surface area contributed by atoms with Crippen LogP contribution in [0.15, 0.2) is 19.5 Å². The highest BCUT2D eigenvalue weighted by Gasteiger charge is 2.33. The first-order valence-corrected chi connectivity index (χ1v) is 6.72. The summed E-state index contributed by atoms with van der Waals surface area (Å²) in [6.07, 6.45) is 0.587. The summed E-state index contributed by atoms with van der Waals surface area (Å²) in [7, 11) is 0. The monoisotopic (exact) mass is 349 g/mol. The molecular weight excluding hydrogens is 333 g/mol. The fourth-order valence-corrected chi connectivity index (χ4v) is 2.49. The molecule has 0 bridgehead atoms. The smallest absolute Gasteiger partial charge is 0.410 e. The minimum Gasteiger partial charge on any atom is -0.444 e. The number of halogens is 1. The number of amides is 1. The zero-order valence-corrected chi connectivity index (χ0v) is 12.4. The van der Waals surface area contributed by atoms with E-state index in [0.717, 1.165) is 15.7 Å². The van der Waals surface area contributed by atoms with Crippen LogP contribution in [-0.2, 0) is 4.74 Å². The first-order chi connectivity index (χ1) is 7.87. The van der Waals surface area contributed by atoms with E-state index in [0.29, 0.717) is 13.1 Å². The number of fused-ring (bicyclic) bond motifs is 1. The molecule has 0 spiro atoms. The van der Waals surface area contributed by atoms with Gasteiger partial charge in [0.25, 0.3) is 0 Å². The van der Waals surface area contributed by atoms with E-state index in [9.17, 15) is 4.79 Å². The average molecular weight is 349 g/mol. The summed E-state index contributed by atoms with van der Waals surface area (Å²) in [5, 5.41) is 8.23. The van der Waals surface area contributed by atoms with E-state index < -0.39 is 5.60 Å². The lowest BCUT2D eigenvalue weighted by Crippen LogP contribution is -2.43. The minimum atomic E-state index is -0.445. The molecule has 6 heteroatoms. The normalized spacial score (nSPS) is 24.0. The molecule has 1 saturated heterocycles. The molecule has 1 fully saturated rings. The summed E-state index contributed by atoms with van der Waals surface area (Å²) >= 11 is 2.17. The Morgan fingerprint density at radius 3 is 2.88 bits per heavy atom. The van der Waals surface area contributed by atoms with Gasteiger partial charge in [0.1, 0.15) is 9.30 Å². The van der Waals surface area contributed by atoms with Crippen molar-refractivity contribution in [2.24, 2.45) is 10.2 Å². The topological polar surface area (TPSA) is 54.3 Å². The Morgan fingerprint density at radius 2 is 2.24 bits per heavy atom. The number of azo groups is 1. The van der Waals surface area contributed by atoms with Gasteiger partial charge in [0.15, 0.2) is 0 Å². The lowest BCUT2D eigenvalue weighted by molar-refractivity contribution is 0.0242. The number of ether oxygens (including phenoxy) is 1. The first-order valence-electron chi connectivity index (χ1n) is 5.64. The van der Waals surface area contributed by atoms with Crippen LogP contribution in [0.2, 0.25) is 0 Å². The van der Waals surface area contributed by atoms with E-state index >= 15 is 0 Å². The van der Waals surface area contributed by atoms with Crippen molar-refractivity contribution >= 4 is 28.7 Å². The van der Waals surface area contributed by atoms with Crippen molar-refractivity contribution in [3.05, 3.63) is 9.28 Å². The molecule has 94 valence electrons. The Labute approximate surface area is 114 Å². The van der Waals surface area contributed by atoms with Crippen LogP contribution in [0.4, 0.5) is 4.79 Å². The molecule has 0 aliphatic carbocycles. The van der Waals surface area contributed by atoms with Gasteiger partial charge in [0.05, 0.1) is 12.6 Å². The van der Waals surface area contributed by atoms with E-state index in [1.54, 1.807) is 4.90 Å². The maximum absolute atomic E-state index is 11.9. The second kappa shape index (κ2) is 4.55. The molecule has 0 aromatic heterocycles. The number of nitrogens with zero attached hydrogens (tertiary/aromatic N) is 3. The highest BCUT2D eigenvalue weighted by Crippen LogP contribution is 2.32. The summed E-state index contributed by atoms with van der Waals surface area (Å²) in [4.78, 5) is 13.7. The molecule has 0 N–H and O–H groups in total. The molecule has 2 aliphatic rings. The van der Waals surface area contributed by atoms with E-state index in [2.05, 4.69) is 32.8 Å². The molecule has 0 unspecified atom stereocenters. The van der Waals surface area contributed by atoms with Gasteiger partial charge in [-0.25, -0.2) is 4.79 Å². The summed E-state index contributed by atoms with van der Waals surface area (Å²) in [6, 6.07) is 0.181. The average Bonchev–Trinajstić information content (AvgIpc) is 2.57. The molecule has 2 rings (SSSR count).